The van der Waals surface area contributed by atoms with E-state index in [1.54, 1.807) is 19.1 Å². The van der Waals surface area contributed by atoms with Gasteiger partial charge in [0.15, 0.2) is 0 Å². The second kappa shape index (κ2) is 9.90. The van der Waals surface area contributed by atoms with Crippen LogP contribution in [0.5, 0.6) is 5.75 Å². The minimum Gasteiger partial charge on any atom is -0.495 e. The van der Waals surface area contributed by atoms with Crippen molar-refractivity contribution in [3.8, 4) is 11.8 Å². The van der Waals surface area contributed by atoms with E-state index in [0.717, 1.165) is 42.0 Å². The zero-order chi connectivity index (χ0) is 23.5. The average Bonchev–Trinajstić information content (AvgIpc) is 2.92. The van der Waals surface area contributed by atoms with E-state index in [2.05, 4.69) is 16.7 Å². The van der Waals surface area contributed by atoms with Crippen LogP contribution in [0.15, 0.2) is 23.1 Å². The fourth-order valence-electron chi connectivity index (χ4n) is 3.65. The Hall–Kier alpha value is -2.61. The molecule has 32 heavy (non-hydrogen) atoms. The van der Waals surface area contributed by atoms with Gasteiger partial charge in [-0.1, -0.05) is 6.42 Å². The number of nitrogens with zero attached hydrogens (tertiary/aromatic N) is 2. The quantitative estimate of drug-likeness (QED) is 0.591. The Morgan fingerprint density at radius 1 is 1.25 bits per heavy atom. The molecule has 1 aromatic carbocycles. The van der Waals surface area contributed by atoms with Gasteiger partial charge in [-0.05, 0) is 56.4 Å². The van der Waals surface area contributed by atoms with Gasteiger partial charge in [0.05, 0.1) is 12.7 Å². The summed E-state index contributed by atoms with van der Waals surface area (Å²) in [6.07, 6.45) is 5.11. The summed E-state index contributed by atoms with van der Waals surface area (Å²) in [4.78, 5) is 14.0. The topological polar surface area (TPSA) is 112 Å². The molecule has 3 rings (SSSR count). The van der Waals surface area contributed by atoms with Crippen molar-refractivity contribution in [1.29, 1.82) is 5.26 Å². The number of sulfonamides is 1. The number of anilines is 2. The molecule has 0 saturated carbocycles. The molecule has 0 saturated heterocycles. The molecule has 1 atom stereocenters. The Kier molecular flexibility index (Phi) is 7.44. The summed E-state index contributed by atoms with van der Waals surface area (Å²) in [6, 6.07) is 6.26. The van der Waals surface area contributed by atoms with Crippen LogP contribution >= 0.6 is 11.3 Å². The number of aryl methyl sites for hydroxylation is 1. The zero-order valence-corrected chi connectivity index (χ0v) is 20.3. The van der Waals surface area contributed by atoms with Crippen molar-refractivity contribution < 1.29 is 17.9 Å². The standard InChI is InChI=1S/C22H28N4O4S2/c1-14(24-15-10-11-18(30-4)20(12-15)32(28,29)26(2)3)21(27)25-22-17(13-23)16-8-6-5-7-9-19(16)31-22/h10-12,14,24H,5-9H2,1-4H3,(H,25,27)/t14-/m1/s1. The third-order valence-electron chi connectivity index (χ3n) is 5.47. The maximum Gasteiger partial charge on any atom is 0.247 e. The first-order chi connectivity index (χ1) is 15.2. The number of amides is 1. The van der Waals surface area contributed by atoms with Gasteiger partial charge < -0.3 is 15.4 Å². The number of hydrogen-bond donors (Lipinski definition) is 2. The molecule has 2 aromatic rings. The van der Waals surface area contributed by atoms with Crippen molar-refractivity contribution in [2.24, 2.45) is 0 Å². The lowest BCUT2D eigenvalue weighted by Gasteiger charge is -2.18. The molecule has 0 spiro atoms. The Bertz CT molecular complexity index is 1150. The van der Waals surface area contributed by atoms with Gasteiger partial charge >= 0.3 is 0 Å². The summed E-state index contributed by atoms with van der Waals surface area (Å²) in [5.74, 6) is -0.0779. The molecule has 1 amide bonds. The van der Waals surface area contributed by atoms with Crippen molar-refractivity contribution in [1.82, 2.24) is 4.31 Å². The van der Waals surface area contributed by atoms with Crippen LogP contribution in [0.25, 0.3) is 0 Å². The first kappa shape index (κ1) is 24.0. The Labute approximate surface area is 193 Å². The molecule has 0 radical (unpaired) electrons. The number of thiophene rings is 1. The first-order valence-electron chi connectivity index (χ1n) is 10.4. The summed E-state index contributed by atoms with van der Waals surface area (Å²) in [5.41, 5.74) is 2.10. The van der Waals surface area contributed by atoms with E-state index in [0.29, 0.717) is 16.3 Å². The molecule has 1 aromatic heterocycles. The normalized spacial score (nSPS) is 14.8. The van der Waals surface area contributed by atoms with Crippen LogP contribution in [0.1, 0.15) is 42.2 Å². The highest BCUT2D eigenvalue weighted by Gasteiger charge is 2.25. The predicted molar refractivity (Wildman–Crippen MR) is 126 cm³/mol. The molecule has 0 unspecified atom stereocenters. The average molecular weight is 477 g/mol. The first-order valence-corrected chi connectivity index (χ1v) is 12.7. The molecule has 1 aliphatic rings. The van der Waals surface area contributed by atoms with Crippen LogP contribution < -0.4 is 15.4 Å². The summed E-state index contributed by atoms with van der Waals surface area (Å²) < 4.78 is 31.6. The van der Waals surface area contributed by atoms with E-state index in [9.17, 15) is 18.5 Å². The van der Waals surface area contributed by atoms with Crippen LogP contribution in [-0.2, 0) is 27.7 Å². The number of nitriles is 1. The zero-order valence-electron chi connectivity index (χ0n) is 18.7. The van der Waals surface area contributed by atoms with E-state index >= 15 is 0 Å². The number of nitrogens with one attached hydrogen (secondary N) is 2. The summed E-state index contributed by atoms with van der Waals surface area (Å²) in [6.45, 7) is 1.68. The lowest BCUT2D eigenvalue weighted by molar-refractivity contribution is -0.116. The van der Waals surface area contributed by atoms with Crippen molar-refractivity contribution in [2.45, 2.75) is 50.0 Å². The van der Waals surface area contributed by atoms with E-state index in [-0.39, 0.29) is 16.6 Å². The van der Waals surface area contributed by atoms with Crippen LogP contribution in [0.2, 0.25) is 0 Å². The molecular formula is C22H28N4O4S2. The van der Waals surface area contributed by atoms with Gasteiger partial charge in [0.1, 0.15) is 27.8 Å². The second-order valence-electron chi connectivity index (χ2n) is 7.89. The number of benzene rings is 1. The largest absolute Gasteiger partial charge is 0.495 e. The Morgan fingerprint density at radius 3 is 2.62 bits per heavy atom. The minimum absolute atomic E-state index is 0.0105. The molecule has 0 aliphatic heterocycles. The number of fused-ring (bicyclic) bond motifs is 1. The van der Waals surface area contributed by atoms with Gasteiger partial charge in [-0.15, -0.1) is 11.3 Å². The molecule has 8 nitrogen and oxygen atoms in total. The lowest BCUT2D eigenvalue weighted by atomic mass is 10.1. The Morgan fingerprint density at radius 2 is 1.97 bits per heavy atom. The fraction of sp³-hybridized carbons (Fsp3) is 0.455. The van der Waals surface area contributed by atoms with Crippen molar-refractivity contribution in [3.05, 3.63) is 34.2 Å². The number of methoxy groups -OCH3 is 1. The SMILES string of the molecule is COc1ccc(N[C@H](C)C(=O)Nc2sc3c(c2C#N)CCCCC3)cc1S(=O)(=O)N(C)C. The minimum atomic E-state index is -3.73. The maximum atomic E-state index is 12.9. The van der Waals surface area contributed by atoms with Gasteiger partial charge in [0.2, 0.25) is 15.9 Å². The maximum absolute atomic E-state index is 12.9. The molecule has 10 heteroatoms. The van der Waals surface area contributed by atoms with E-state index in [1.165, 1.54) is 43.5 Å². The van der Waals surface area contributed by atoms with Crippen LogP contribution in [0.3, 0.4) is 0 Å². The van der Waals surface area contributed by atoms with E-state index < -0.39 is 16.1 Å². The summed E-state index contributed by atoms with van der Waals surface area (Å²) in [5, 5.41) is 16.2. The smallest absolute Gasteiger partial charge is 0.247 e. The predicted octanol–water partition coefficient (Wildman–Crippen LogP) is 3.59. The summed E-state index contributed by atoms with van der Waals surface area (Å²) >= 11 is 1.48. The highest BCUT2D eigenvalue weighted by Crippen LogP contribution is 2.37. The number of carbonyl (C=O) groups excluding carboxylic acids is 1. The summed E-state index contributed by atoms with van der Waals surface area (Å²) in [7, 11) is 0.568. The molecule has 0 fully saturated rings. The third kappa shape index (κ3) is 4.90. The molecule has 2 N–H and O–H groups in total. The lowest BCUT2D eigenvalue weighted by Crippen LogP contribution is -2.32. The molecular weight excluding hydrogens is 448 g/mol. The number of ether oxygens (including phenoxy) is 1. The van der Waals surface area contributed by atoms with Gasteiger partial charge in [0.25, 0.3) is 0 Å². The highest BCUT2D eigenvalue weighted by molar-refractivity contribution is 7.89. The van der Waals surface area contributed by atoms with Gasteiger partial charge in [-0.3, -0.25) is 4.79 Å². The highest BCUT2D eigenvalue weighted by atomic mass is 32.2. The van der Waals surface area contributed by atoms with Crippen LogP contribution in [0.4, 0.5) is 10.7 Å². The van der Waals surface area contributed by atoms with Crippen molar-refractivity contribution in [3.63, 3.8) is 0 Å². The molecule has 1 heterocycles. The van der Waals surface area contributed by atoms with Crippen LogP contribution in [0, 0.1) is 11.3 Å². The number of carbonyl (C=O) groups is 1. The fourth-order valence-corrected chi connectivity index (χ4v) is 5.97. The van der Waals surface area contributed by atoms with Gasteiger partial charge in [0, 0.05) is 24.7 Å². The molecule has 1 aliphatic carbocycles. The monoisotopic (exact) mass is 476 g/mol. The van der Waals surface area contributed by atoms with Crippen molar-refractivity contribution in [2.75, 3.05) is 31.8 Å². The van der Waals surface area contributed by atoms with E-state index in [1.807, 2.05) is 0 Å². The third-order valence-corrected chi connectivity index (χ3v) is 8.51. The number of rotatable bonds is 7. The van der Waals surface area contributed by atoms with Crippen LogP contribution in [-0.4, -0.2) is 45.9 Å². The van der Waals surface area contributed by atoms with Gasteiger partial charge in [-0.2, -0.15) is 5.26 Å². The molecule has 0 bridgehead atoms. The van der Waals surface area contributed by atoms with E-state index in [4.69, 9.17) is 4.74 Å². The van der Waals surface area contributed by atoms with Crippen molar-refractivity contribution >= 4 is 38.0 Å². The second-order valence-corrected chi connectivity index (χ2v) is 11.1. The Balaban J connectivity index is 1.79. The molecule has 172 valence electrons. The van der Waals surface area contributed by atoms with Gasteiger partial charge in [-0.25, -0.2) is 12.7 Å². The number of hydrogen-bond acceptors (Lipinski definition) is 7.